The number of fused-ring (bicyclic) bond motifs is 1. The minimum Gasteiger partial charge on any atom is -0.484 e. The van der Waals surface area contributed by atoms with Gasteiger partial charge in [-0.1, -0.05) is 28.5 Å². The zero-order valence-electron chi connectivity index (χ0n) is 18.7. The van der Waals surface area contributed by atoms with Crippen LogP contribution in [0.4, 0.5) is 5.95 Å². The van der Waals surface area contributed by atoms with E-state index in [1.807, 2.05) is 25.1 Å². The molecule has 35 heavy (non-hydrogen) atoms. The number of hydrogen-bond donors (Lipinski definition) is 1. The molecule has 1 N–H and O–H groups in total. The number of carbonyl (C=O) groups is 1. The van der Waals surface area contributed by atoms with Gasteiger partial charge in [-0.2, -0.15) is 5.26 Å². The van der Waals surface area contributed by atoms with Crippen LogP contribution in [0.5, 0.6) is 5.75 Å². The molecule has 4 rings (SSSR count). The lowest BCUT2D eigenvalue weighted by atomic mass is 10.1. The maximum atomic E-state index is 13.1. The maximum Gasteiger partial charge on any atom is 0.295 e. The number of hydrogen-bond acceptors (Lipinski definition) is 7. The van der Waals surface area contributed by atoms with E-state index in [9.17, 15) is 9.59 Å². The molecule has 0 spiro atoms. The van der Waals surface area contributed by atoms with Crippen molar-refractivity contribution in [3.8, 4) is 11.8 Å². The van der Waals surface area contributed by atoms with Gasteiger partial charge in [-0.05, 0) is 48.9 Å². The van der Waals surface area contributed by atoms with E-state index in [-0.39, 0.29) is 31.0 Å². The third-order valence-corrected chi connectivity index (χ3v) is 6.06. The Morgan fingerprint density at radius 2 is 1.94 bits per heavy atom. The Morgan fingerprint density at radius 3 is 2.60 bits per heavy atom. The lowest BCUT2D eigenvalue weighted by Crippen LogP contribution is -2.43. The summed E-state index contributed by atoms with van der Waals surface area (Å²) in [5.41, 5.74) is 1.83. The predicted molar refractivity (Wildman–Crippen MR) is 130 cm³/mol. The molecule has 0 saturated heterocycles. The number of aromatic nitrogens is 2. The maximum absolute atomic E-state index is 13.1. The van der Waals surface area contributed by atoms with Gasteiger partial charge in [0.1, 0.15) is 5.75 Å². The second-order valence-electron chi connectivity index (χ2n) is 7.94. The van der Waals surface area contributed by atoms with Crippen molar-refractivity contribution < 1.29 is 13.9 Å². The van der Waals surface area contributed by atoms with Gasteiger partial charge in [-0.15, -0.1) is 0 Å². The van der Waals surface area contributed by atoms with Crippen LogP contribution in [0.1, 0.15) is 35.3 Å². The lowest BCUT2D eigenvalue weighted by Gasteiger charge is -2.28. The number of nitriles is 1. The molecule has 0 aliphatic carbocycles. The highest BCUT2D eigenvalue weighted by molar-refractivity contribution is 6.30. The third-order valence-electron chi connectivity index (χ3n) is 5.67. The molecule has 1 atom stereocenters. The number of nitrogens with zero attached hydrogens (tertiary/aromatic N) is 4. The smallest absolute Gasteiger partial charge is 0.295 e. The summed E-state index contributed by atoms with van der Waals surface area (Å²) in [6, 6.07) is 15.6. The standard InChI is InChI=1S/C24H21Cl2N5O4/c1-15(17-4-6-18(25)7-5-17)28-24-29-21-10-11-30(13-20(21)23(33)31(24)35-26)22(32)14-34-19-8-2-16(12-27)3-9-19/h2-9,15H,10-11,13-14H2,1H3,(H,28,29). The topological polar surface area (TPSA) is 109 Å². The monoisotopic (exact) mass is 513 g/mol. The molecule has 9 nitrogen and oxygen atoms in total. The third kappa shape index (κ3) is 5.50. The highest BCUT2D eigenvalue weighted by atomic mass is 35.5. The summed E-state index contributed by atoms with van der Waals surface area (Å²) < 4.78 is 11.2. The Labute approximate surface area is 211 Å². The lowest BCUT2D eigenvalue weighted by molar-refractivity contribution is -0.134. The van der Waals surface area contributed by atoms with Crippen molar-refractivity contribution in [2.75, 3.05) is 18.5 Å². The Balaban J connectivity index is 1.47. The van der Waals surface area contributed by atoms with Crippen LogP contribution in [0.3, 0.4) is 0 Å². The fourth-order valence-corrected chi connectivity index (χ4v) is 3.97. The normalized spacial score (nSPS) is 13.4. The van der Waals surface area contributed by atoms with Crippen molar-refractivity contribution in [1.82, 2.24) is 14.6 Å². The van der Waals surface area contributed by atoms with Crippen LogP contribution < -0.4 is 20.0 Å². The van der Waals surface area contributed by atoms with Gasteiger partial charge in [0.2, 0.25) is 5.95 Å². The number of amides is 1. The van der Waals surface area contributed by atoms with Crippen molar-refractivity contribution in [2.45, 2.75) is 25.9 Å². The zero-order chi connectivity index (χ0) is 24.9. The minimum atomic E-state index is -0.499. The molecule has 11 heteroatoms. The SMILES string of the molecule is CC(Nc1nc2c(c(=O)n1OCl)CN(C(=O)COc1ccc(C#N)cc1)CC2)c1ccc(Cl)cc1. The van der Waals surface area contributed by atoms with E-state index in [1.54, 1.807) is 36.4 Å². The second kappa shape index (κ2) is 10.7. The van der Waals surface area contributed by atoms with Crippen LogP contribution >= 0.6 is 23.5 Å². The van der Waals surface area contributed by atoms with E-state index in [1.165, 1.54) is 4.90 Å². The van der Waals surface area contributed by atoms with Crippen molar-refractivity contribution in [1.29, 1.82) is 5.26 Å². The van der Waals surface area contributed by atoms with Gasteiger partial charge in [0.05, 0.1) is 35.5 Å². The number of rotatable bonds is 7. The molecule has 1 aliphatic heterocycles. The Kier molecular flexibility index (Phi) is 7.44. The second-order valence-corrected chi connectivity index (χ2v) is 8.51. The fraction of sp³-hybridized carbons (Fsp3) is 0.250. The van der Waals surface area contributed by atoms with Crippen LogP contribution in [0.2, 0.25) is 5.02 Å². The van der Waals surface area contributed by atoms with Crippen LogP contribution in [0.15, 0.2) is 53.3 Å². The van der Waals surface area contributed by atoms with E-state index in [0.29, 0.717) is 40.6 Å². The van der Waals surface area contributed by atoms with Gasteiger partial charge in [0.25, 0.3) is 11.5 Å². The number of nitrogens with one attached hydrogen (secondary N) is 1. The first-order chi connectivity index (χ1) is 16.9. The van der Waals surface area contributed by atoms with Gasteiger partial charge in [-0.3, -0.25) is 14.0 Å². The minimum absolute atomic E-state index is 0.0595. The first-order valence-electron chi connectivity index (χ1n) is 10.8. The highest BCUT2D eigenvalue weighted by Crippen LogP contribution is 2.22. The average Bonchev–Trinajstić information content (AvgIpc) is 2.88. The van der Waals surface area contributed by atoms with E-state index in [0.717, 1.165) is 10.3 Å². The number of anilines is 1. The molecule has 0 saturated carbocycles. The number of carbonyl (C=O) groups excluding carboxylic acids is 1. The zero-order valence-corrected chi connectivity index (χ0v) is 20.2. The number of benzene rings is 2. The molecular formula is C24H21Cl2N5O4. The van der Waals surface area contributed by atoms with Crippen molar-refractivity contribution >= 4 is 35.3 Å². The van der Waals surface area contributed by atoms with Crippen molar-refractivity contribution in [3.05, 3.63) is 86.3 Å². The molecule has 1 unspecified atom stereocenters. The van der Waals surface area contributed by atoms with Crippen LogP contribution in [0.25, 0.3) is 0 Å². The molecule has 0 bridgehead atoms. The summed E-state index contributed by atoms with van der Waals surface area (Å²) in [5.74, 6) is 0.353. The van der Waals surface area contributed by atoms with Crippen molar-refractivity contribution in [3.63, 3.8) is 0 Å². The molecule has 3 aromatic rings. The van der Waals surface area contributed by atoms with E-state index >= 15 is 0 Å². The van der Waals surface area contributed by atoms with Gasteiger partial charge >= 0.3 is 0 Å². The summed E-state index contributed by atoms with van der Waals surface area (Å²) in [7, 11) is 0. The molecule has 1 aromatic heterocycles. The first kappa shape index (κ1) is 24.4. The molecule has 2 aromatic carbocycles. The fourth-order valence-electron chi connectivity index (χ4n) is 3.72. The molecule has 0 fully saturated rings. The van der Waals surface area contributed by atoms with Gasteiger partial charge in [0, 0.05) is 18.0 Å². The highest BCUT2D eigenvalue weighted by Gasteiger charge is 2.27. The summed E-state index contributed by atoms with van der Waals surface area (Å²) in [5, 5.41) is 12.6. The molecule has 0 radical (unpaired) electrons. The molecule has 2 heterocycles. The van der Waals surface area contributed by atoms with Crippen LogP contribution in [0, 0.1) is 11.3 Å². The number of halogens is 2. The van der Waals surface area contributed by atoms with Crippen LogP contribution in [-0.2, 0) is 17.8 Å². The average molecular weight is 514 g/mol. The largest absolute Gasteiger partial charge is 0.484 e. The Hall–Kier alpha value is -3.74. The quantitative estimate of drug-likeness (QED) is 0.514. The Bertz CT molecular complexity index is 1320. The summed E-state index contributed by atoms with van der Waals surface area (Å²) in [6.07, 6.45) is 0.389. The molecule has 1 aliphatic rings. The van der Waals surface area contributed by atoms with E-state index in [4.69, 9.17) is 37.9 Å². The predicted octanol–water partition coefficient (Wildman–Crippen LogP) is 3.49. The summed E-state index contributed by atoms with van der Waals surface area (Å²) in [6.45, 7) is 2.14. The molecular weight excluding hydrogens is 493 g/mol. The molecule has 180 valence electrons. The summed E-state index contributed by atoms with van der Waals surface area (Å²) >= 11 is 11.6. The van der Waals surface area contributed by atoms with Crippen molar-refractivity contribution in [2.24, 2.45) is 0 Å². The first-order valence-corrected chi connectivity index (χ1v) is 11.4. The summed E-state index contributed by atoms with van der Waals surface area (Å²) in [4.78, 5) is 31.9. The van der Waals surface area contributed by atoms with Gasteiger partial charge < -0.3 is 15.0 Å². The van der Waals surface area contributed by atoms with E-state index in [2.05, 4.69) is 10.3 Å². The number of ether oxygens (including phenoxy) is 1. The van der Waals surface area contributed by atoms with Crippen LogP contribution in [-0.4, -0.2) is 33.7 Å². The van der Waals surface area contributed by atoms with Gasteiger partial charge in [-0.25, -0.2) is 4.98 Å². The molecule has 1 amide bonds. The van der Waals surface area contributed by atoms with E-state index < -0.39 is 5.56 Å². The van der Waals surface area contributed by atoms with Gasteiger partial charge in [0.15, 0.2) is 18.5 Å². The Morgan fingerprint density at radius 1 is 1.23 bits per heavy atom.